The Labute approximate surface area is 176 Å². The number of hydrogen-bond acceptors (Lipinski definition) is 2. The minimum absolute atomic E-state index is 0.0202. The zero-order chi connectivity index (χ0) is 20.5. The van der Waals surface area contributed by atoms with Crippen molar-refractivity contribution in [2.24, 2.45) is 0 Å². The van der Waals surface area contributed by atoms with Crippen molar-refractivity contribution in [3.8, 4) is 5.69 Å². The predicted octanol–water partition coefficient (Wildman–Crippen LogP) is 5.01. The fourth-order valence-corrected chi connectivity index (χ4v) is 4.54. The summed E-state index contributed by atoms with van der Waals surface area (Å²) in [7, 11) is 0. The van der Waals surface area contributed by atoms with Crippen molar-refractivity contribution in [2.75, 3.05) is 0 Å². The van der Waals surface area contributed by atoms with E-state index in [-0.39, 0.29) is 11.9 Å². The van der Waals surface area contributed by atoms with Crippen LogP contribution in [0.25, 0.3) is 16.7 Å². The van der Waals surface area contributed by atoms with Gasteiger partial charge >= 0.3 is 0 Å². The van der Waals surface area contributed by atoms with Crippen molar-refractivity contribution in [3.05, 3.63) is 95.3 Å². The van der Waals surface area contributed by atoms with Gasteiger partial charge in [0.25, 0.3) is 5.91 Å². The van der Waals surface area contributed by atoms with Crippen LogP contribution >= 0.6 is 0 Å². The molecule has 0 spiro atoms. The molecule has 1 N–H and O–H groups in total. The molecule has 0 aliphatic heterocycles. The fourth-order valence-electron chi connectivity index (χ4n) is 4.54. The number of hydrogen-bond donors (Lipinski definition) is 1. The van der Waals surface area contributed by atoms with Gasteiger partial charge in [0.15, 0.2) is 0 Å². The minimum atomic E-state index is -0.0202. The average Bonchev–Trinajstić information content (AvgIpc) is 2.95. The lowest BCUT2D eigenvalue weighted by molar-refractivity contribution is 0.0935. The molecule has 1 aliphatic rings. The van der Waals surface area contributed by atoms with Crippen molar-refractivity contribution in [3.63, 3.8) is 0 Å². The summed E-state index contributed by atoms with van der Waals surface area (Å²) < 4.78 is 2.12. The number of nitrogens with zero attached hydrogens (tertiary/aromatic N) is 2. The number of aryl methyl sites for hydroxylation is 2. The number of aromatic nitrogens is 2. The van der Waals surface area contributed by atoms with Gasteiger partial charge in [-0.1, -0.05) is 42.5 Å². The summed E-state index contributed by atoms with van der Waals surface area (Å²) in [6.45, 7) is 2.00. The molecule has 1 unspecified atom stereocenters. The number of amides is 1. The molecule has 0 fully saturated rings. The molecule has 1 atom stereocenters. The number of para-hydroxylation sites is 1. The molecular weight excluding hydrogens is 370 g/mol. The maximum Gasteiger partial charge on any atom is 0.251 e. The first-order valence-corrected chi connectivity index (χ1v) is 10.6. The normalized spacial score (nSPS) is 16.1. The van der Waals surface area contributed by atoms with Crippen LogP contribution in [-0.4, -0.2) is 21.5 Å². The van der Waals surface area contributed by atoms with Gasteiger partial charge in [-0.25, -0.2) is 4.98 Å². The van der Waals surface area contributed by atoms with E-state index in [1.807, 2.05) is 43.3 Å². The van der Waals surface area contributed by atoms with Crippen LogP contribution in [0.1, 0.15) is 40.2 Å². The second kappa shape index (κ2) is 7.79. The lowest BCUT2D eigenvalue weighted by Gasteiger charge is -2.17. The maximum absolute atomic E-state index is 13.0. The molecule has 3 aromatic carbocycles. The number of benzene rings is 3. The van der Waals surface area contributed by atoms with Gasteiger partial charge in [-0.3, -0.25) is 9.36 Å². The molecule has 0 saturated carbocycles. The van der Waals surface area contributed by atoms with Gasteiger partial charge < -0.3 is 5.32 Å². The molecule has 150 valence electrons. The maximum atomic E-state index is 13.0. The van der Waals surface area contributed by atoms with E-state index in [0.29, 0.717) is 5.56 Å². The van der Waals surface area contributed by atoms with Crippen LogP contribution in [0.15, 0.2) is 72.8 Å². The van der Waals surface area contributed by atoms with E-state index in [1.165, 1.54) is 11.1 Å². The van der Waals surface area contributed by atoms with Crippen molar-refractivity contribution in [2.45, 2.75) is 38.6 Å². The molecule has 0 radical (unpaired) electrons. The third kappa shape index (κ3) is 3.50. The van der Waals surface area contributed by atoms with Crippen molar-refractivity contribution in [1.82, 2.24) is 14.9 Å². The largest absolute Gasteiger partial charge is 0.349 e. The molecule has 4 nitrogen and oxygen atoms in total. The number of carbonyl (C=O) groups excluding carboxylic acids is 1. The first kappa shape index (κ1) is 18.6. The lowest BCUT2D eigenvalue weighted by Crippen LogP contribution is -2.36. The van der Waals surface area contributed by atoms with E-state index >= 15 is 0 Å². The number of carbonyl (C=O) groups is 1. The smallest absolute Gasteiger partial charge is 0.251 e. The number of fused-ring (bicyclic) bond motifs is 2. The summed E-state index contributed by atoms with van der Waals surface area (Å²) in [6.07, 6.45) is 4.09. The Hall–Kier alpha value is -3.40. The highest BCUT2D eigenvalue weighted by atomic mass is 16.1. The molecule has 1 heterocycles. The molecule has 1 amide bonds. The summed E-state index contributed by atoms with van der Waals surface area (Å²) in [5.74, 6) is 0.891. The quantitative estimate of drug-likeness (QED) is 0.496. The standard InChI is InChI=1S/C26H25N3O/c1-18-27-24-17-21(14-15-25(24)29(18)23-12-3-2-4-13-23)26(30)28-22-11-7-10-19-8-5-6-9-20(19)16-22/h2-6,8-9,12-15,17,22H,7,10-11,16H2,1H3,(H,28,30). The summed E-state index contributed by atoms with van der Waals surface area (Å²) in [4.78, 5) is 17.7. The summed E-state index contributed by atoms with van der Waals surface area (Å²) in [5, 5.41) is 3.26. The van der Waals surface area contributed by atoms with Crippen LogP contribution in [0.5, 0.6) is 0 Å². The van der Waals surface area contributed by atoms with Crippen molar-refractivity contribution in [1.29, 1.82) is 0 Å². The van der Waals surface area contributed by atoms with Crippen LogP contribution in [0.3, 0.4) is 0 Å². The zero-order valence-electron chi connectivity index (χ0n) is 17.1. The summed E-state index contributed by atoms with van der Waals surface area (Å²) >= 11 is 0. The number of rotatable bonds is 3. The predicted molar refractivity (Wildman–Crippen MR) is 120 cm³/mol. The Morgan fingerprint density at radius 1 is 1.00 bits per heavy atom. The molecule has 0 saturated heterocycles. The highest BCUT2D eigenvalue weighted by Gasteiger charge is 2.20. The summed E-state index contributed by atoms with van der Waals surface area (Å²) in [5.41, 5.74) is 6.36. The van der Waals surface area contributed by atoms with E-state index < -0.39 is 0 Å². The molecule has 0 bridgehead atoms. The van der Waals surface area contributed by atoms with Gasteiger partial charge in [0.2, 0.25) is 0 Å². The van der Waals surface area contributed by atoms with E-state index in [9.17, 15) is 4.79 Å². The van der Waals surface area contributed by atoms with Crippen LogP contribution in [0, 0.1) is 6.92 Å². The Morgan fingerprint density at radius 2 is 1.77 bits per heavy atom. The number of imidazole rings is 1. The van der Waals surface area contributed by atoms with Crippen LogP contribution < -0.4 is 5.32 Å². The Morgan fingerprint density at radius 3 is 2.60 bits per heavy atom. The SMILES string of the molecule is Cc1nc2cc(C(=O)NC3CCCc4ccccc4C3)ccc2n1-c1ccccc1. The third-order valence-electron chi connectivity index (χ3n) is 6.02. The van der Waals surface area contributed by atoms with E-state index in [4.69, 9.17) is 4.98 Å². The van der Waals surface area contributed by atoms with E-state index in [1.54, 1.807) is 0 Å². The van der Waals surface area contributed by atoms with Crippen molar-refractivity contribution >= 4 is 16.9 Å². The molecule has 1 aromatic heterocycles. The molecule has 30 heavy (non-hydrogen) atoms. The monoisotopic (exact) mass is 395 g/mol. The fraction of sp³-hybridized carbons (Fsp3) is 0.231. The molecule has 5 rings (SSSR count). The van der Waals surface area contributed by atoms with Gasteiger partial charge in [-0.2, -0.15) is 0 Å². The average molecular weight is 396 g/mol. The zero-order valence-corrected chi connectivity index (χ0v) is 17.1. The summed E-state index contributed by atoms with van der Waals surface area (Å²) in [6, 6.07) is 24.7. The highest BCUT2D eigenvalue weighted by Crippen LogP contribution is 2.24. The second-order valence-corrected chi connectivity index (χ2v) is 8.07. The van der Waals surface area contributed by atoms with Gasteiger partial charge in [0.1, 0.15) is 5.82 Å². The van der Waals surface area contributed by atoms with Crippen LogP contribution in [-0.2, 0) is 12.8 Å². The molecular formula is C26H25N3O. The van der Waals surface area contributed by atoms with Crippen molar-refractivity contribution < 1.29 is 4.79 Å². The minimum Gasteiger partial charge on any atom is -0.349 e. The Bertz CT molecular complexity index is 1210. The highest BCUT2D eigenvalue weighted by molar-refractivity contribution is 5.97. The van der Waals surface area contributed by atoms with Crippen LogP contribution in [0.4, 0.5) is 0 Å². The van der Waals surface area contributed by atoms with E-state index in [2.05, 4.69) is 46.3 Å². The molecule has 1 aliphatic carbocycles. The Kier molecular flexibility index (Phi) is 4.83. The molecule has 4 aromatic rings. The molecule has 4 heteroatoms. The first-order chi connectivity index (χ1) is 14.7. The van der Waals surface area contributed by atoms with Gasteiger partial charge in [-0.05, 0) is 74.1 Å². The van der Waals surface area contributed by atoms with Gasteiger partial charge in [0.05, 0.1) is 11.0 Å². The third-order valence-corrected chi connectivity index (χ3v) is 6.02. The van der Waals surface area contributed by atoms with Gasteiger partial charge in [-0.15, -0.1) is 0 Å². The van der Waals surface area contributed by atoms with E-state index in [0.717, 1.165) is 48.2 Å². The van der Waals surface area contributed by atoms with Gasteiger partial charge in [0, 0.05) is 17.3 Å². The van der Waals surface area contributed by atoms with Crippen LogP contribution in [0.2, 0.25) is 0 Å². The first-order valence-electron chi connectivity index (χ1n) is 10.6. The number of nitrogens with one attached hydrogen (secondary N) is 1. The second-order valence-electron chi connectivity index (χ2n) is 8.07. The lowest BCUT2D eigenvalue weighted by atomic mass is 10.0. The topological polar surface area (TPSA) is 46.9 Å². The Balaban J connectivity index is 1.39.